The van der Waals surface area contributed by atoms with Gasteiger partial charge in [-0.05, 0) is 38.5 Å². The Bertz CT molecular complexity index is 289. The molecule has 136 valence electrons. The van der Waals surface area contributed by atoms with Crippen molar-refractivity contribution in [2.75, 3.05) is 0 Å². The van der Waals surface area contributed by atoms with Gasteiger partial charge in [-0.1, -0.05) is 77.4 Å². The van der Waals surface area contributed by atoms with Gasteiger partial charge >= 0.3 is 5.97 Å². The molecule has 0 aliphatic rings. The van der Waals surface area contributed by atoms with Gasteiger partial charge in [-0.2, -0.15) is 5.90 Å². The first-order chi connectivity index (χ1) is 11.3. The van der Waals surface area contributed by atoms with Gasteiger partial charge in [0.25, 0.3) is 0 Å². The number of carbonyl (C=O) groups is 1. The largest absolute Gasteiger partial charge is 0.373 e. The Balaban J connectivity index is 3.32. The van der Waals surface area contributed by atoms with Crippen molar-refractivity contribution in [1.82, 2.24) is 0 Å². The Morgan fingerprint density at radius 3 is 1.91 bits per heavy atom. The van der Waals surface area contributed by atoms with Crippen LogP contribution in [-0.4, -0.2) is 5.97 Å². The zero-order valence-electron chi connectivity index (χ0n) is 15.5. The predicted octanol–water partition coefficient (Wildman–Crippen LogP) is 6.08. The van der Waals surface area contributed by atoms with Crippen molar-refractivity contribution in [2.24, 2.45) is 11.8 Å². The maximum atomic E-state index is 11.4. The Morgan fingerprint density at radius 1 is 0.870 bits per heavy atom. The fraction of sp³-hybridized carbons (Fsp3) is 0.850. The van der Waals surface area contributed by atoms with Crippen LogP contribution < -0.4 is 5.90 Å². The Labute approximate surface area is 144 Å². The molecule has 1 atom stereocenters. The first kappa shape index (κ1) is 22.2. The Kier molecular flexibility index (Phi) is 16.9. The molecule has 0 radical (unpaired) electrons. The zero-order chi connectivity index (χ0) is 17.2. The third-order valence-electron chi connectivity index (χ3n) is 4.51. The summed E-state index contributed by atoms with van der Waals surface area (Å²) < 4.78 is 0. The van der Waals surface area contributed by atoms with Crippen LogP contribution >= 0.6 is 0 Å². The normalized spacial score (nSPS) is 12.7. The molecular weight excluding hydrogens is 286 g/mol. The molecule has 23 heavy (non-hydrogen) atoms. The molecule has 2 N–H and O–H groups in total. The van der Waals surface area contributed by atoms with E-state index in [9.17, 15) is 4.79 Å². The summed E-state index contributed by atoms with van der Waals surface area (Å²) in [5.74, 6) is 4.67. The van der Waals surface area contributed by atoms with Crippen LogP contribution in [0.3, 0.4) is 0 Å². The van der Waals surface area contributed by atoms with Crippen LogP contribution in [0.5, 0.6) is 0 Å². The number of unbranched alkanes of at least 4 members (excludes halogenated alkanes) is 10. The molecule has 0 saturated carbocycles. The average Bonchev–Trinajstić information content (AvgIpc) is 2.58. The van der Waals surface area contributed by atoms with Crippen molar-refractivity contribution in [1.29, 1.82) is 0 Å². The second-order valence-electron chi connectivity index (χ2n) is 6.56. The summed E-state index contributed by atoms with van der Waals surface area (Å²) in [7, 11) is 0. The standard InChI is InChI=1S/C20H39NO2/c1-3-5-6-7-8-9-10-11-12-13-14-15-16-17-18-19(4-2)20(22)23-21/h11-12,19H,3-10,13-18,21H2,1-2H3/b12-11-. The second-order valence-corrected chi connectivity index (χ2v) is 6.56. The lowest BCUT2D eigenvalue weighted by molar-refractivity contribution is -0.149. The molecule has 0 bridgehead atoms. The van der Waals surface area contributed by atoms with E-state index in [1.54, 1.807) is 0 Å². The highest BCUT2D eigenvalue weighted by molar-refractivity contribution is 5.71. The molecule has 0 aromatic carbocycles. The number of rotatable bonds is 16. The molecule has 3 heteroatoms. The molecule has 0 spiro atoms. The molecule has 0 aromatic heterocycles. The first-order valence-electron chi connectivity index (χ1n) is 9.81. The summed E-state index contributed by atoms with van der Waals surface area (Å²) >= 11 is 0. The fourth-order valence-electron chi connectivity index (χ4n) is 2.87. The van der Waals surface area contributed by atoms with E-state index in [0.717, 1.165) is 19.3 Å². The minimum atomic E-state index is -0.259. The molecule has 0 amide bonds. The molecule has 0 rings (SSSR count). The molecule has 3 nitrogen and oxygen atoms in total. The number of hydrogen-bond acceptors (Lipinski definition) is 3. The van der Waals surface area contributed by atoms with Crippen molar-refractivity contribution >= 4 is 5.97 Å². The van der Waals surface area contributed by atoms with Gasteiger partial charge in [0.2, 0.25) is 0 Å². The Morgan fingerprint density at radius 2 is 1.39 bits per heavy atom. The number of allylic oxidation sites excluding steroid dienone is 2. The van der Waals surface area contributed by atoms with Gasteiger partial charge in [0.15, 0.2) is 0 Å². The van der Waals surface area contributed by atoms with Crippen LogP contribution in [0, 0.1) is 5.92 Å². The number of hydrogen-bond donors (Lipinski definition) is 1. The van der Waals surface area contributed by atoms with Crippen LogP contribution in [0.2, 0.25) is 0 Å². The third kappa shape index (κ3) is 14.5. The SMILES string of the molecule is CCCCCCCC/C=C\CCCCCCC(CC)C(=O)ON. The summed E-state index contributed by atoms with van der Waals surface area (Å²) in [6.45, 7) is 4.27. The highest BCUT2D eigenvalue weighted by atomic mass is 16.7. The van der Waals surface area contributed by atoms with E-state index in [2.05, 4.69) is 23.9 Å². The topological polar surface area (TPSA) is 52.3 Å². The first-order valence-corrected chi connectivity index (χ1v) is 9.81. The molecule has 1 unspecified atom stereocenters. The molecular formula is C20H39NO2. The number of nitrogens with two attached hydrogens (primary N) is 1. The van der Waals surface area contributed by atoms with E-state index < -0.39 is 0 Å². The van der Waals surface area contributed by atoms with Crippen molar-refractivity contribution < 1.29 is 9.63 Å². The predicted molar refractivity (Wildman–Crippen MR) is 98.9 cm³/mol. The van der Waals surface area contributed by atoms with Gasteiger partial charge in [-0.25, -0.2) is 0 Å². The monoisotopic (exact) mass is 325 g/mol. The highest BCUT2D eigenvalue weighted by Crippen LogP contribution is 2.16. The van der Waals surface area contributed by atoms with Crippen molar-refractivity contribution in [2.45, 2.75) is 104 Å². The van der Waals surface area contributed by atoms with E-state index in [1.165, 1.54) is 70.6 Å². The van der Waals surface area contributed by atoms with E-state index >= 15 is 0 Å². The molecule has 0 heterocycles. The van der Waals surface area contributed by atoms with E-state index in [-0.39, 0.29) is 11.9 Å². The van der Waals surface area contributed by atoms with Gasteiger partial charge in [-0.3, -0.25) is 4.79 Å². The van der Waals surface area contributed by atoms with E-state index in [1.807, 2.05) is 6.92 Å². The maximum Gasteiger partial charge on any atom is 0.327 e. The fourth-order valence-corrected chi connectivity index (χ4v) is 2.87. The summed E-state index contributed by atoms with van der Waals surface area (Å²) in [5.41, 5.74) is 0. The van der Waals surface area contributed by atoms with Gasteiger partial charge in [0.1, 0.15) is 0 Å². The zero-order valence-corrected chi connectivity index (χ0v) is 15.5. The third-order valence-corrected chi connectivity index (χ3v) is 4.51. The van der Waals surface area contributed by atoms with Crippen molar-refractivity contribution in [3.8, 4) is 0 Å². The van der Waals surface area contributed by atoms with Crippen molar-refractivity contribution in [3.05, 3.63) is 12.2 Å². The number of carbonyl (C=O) groups excluding carboxylic acids is 1. The van der Waals surface area contributed by atoms with Crippen LogP contribution in [-0.2, 0) is 9.63 Å². The maximum absolute atomic E-state index is 11.4. The molecule has 0 aliphatic heterocycles. The van der Waals surface area contributed by atoms with Crippen molar-refractivity contribution in [3.63, 3.8) is 0 Å². The van der Waals surface area contributed by atoms with Gasteiger partial charge < -0.3 is 4.84 Å². The summed E-state index contributed by atoms with van der Waals surface area (Å²) in [4.78, 5) is 15.7. The van der Waals surface area contributed by atoms with Gasteiger partial charge in [-0.15, -0.1) is 0 Å². The minimum absolute atomic E-state index is 0.0165. The summed E-state index contributed by atoms with van der Waals surface area (Å²) in [6, 6.07) is 0. The lowest BCUT2D eigenvalue weighted by Crippen LogP contribution is -2.20. The smallest absolute Gasteiger partial charge is 0.327 e. The molecule has 0 aliphatic carbocycles. The van der Waals surface area contributed by atoms with Crippen LogP contribution in [0.15, 0.2) is 12.2 Å². The molecule has 0 fully saturated rings. The Hall–Kier alpha value is -0.830. The quantitative estimate of drug-likeness (QED) is 0.213. The summed E-state index contributed by atoms with van der Waals surface area (Å²) in [5, 5.41) is 0. The minimum Gasteiger partial charge on any atom is -0.373 e. The van der Waals surface area contributed by atoms with Crippen LogP contribution in [0.4, 0.5) is 0 Å². The average molecular weight is 326 g/mol. The lowest BCUT2D eigenvalue weighted by atomic mass is 9.98. The van der Waals surface area contributed by atoms with Gasteiger partial charge in [0.05, 0.1) is 5.92 Å². The van der Waals surface area contributed by atoms with Crippen LogP contribution in [0.25, 0.3) is 0 Å². The second kappa shape index (κ2) is 17.5. The van der Waals surface area contributed by atoms with Gasteiger partial charge in [0, 0.05) is 0 Å². The molecule has 0 aromatic rings. The highest BCUT2D eigenvalue weighted by Gasteiger charge is 2.16. The van der Waals surface area contributed by atoms with E-state index in [0.29, 0.717) is 0 Å². The van der Waals surface area contributed by atoms with E-state index in [4.69, 9.17) is 5.90 Å². The van der Waals surface area contributed by atoms with Crippen LogP contribution in [0.1, 0.15) is 104 Å². The summed E-state index contributed by atoms with van der Waals surface area (Å²) in [6.07, 6.45) is 21.9. The lowest BCUT2D eigenvalue weighted by Gasteiger charge is -2.10. The molecule has 0 saturated heterocycles.